The van der Waals surface area contributed by atoms with Gasteiger partial charge in [0.1, 0.15) is 18.0 Å². The van der Waals surface area contributed by atoms with E-state index in [1.54, 1.807) is 13.0 Å². The zero-order valence-corrected chi connectivity index (χ0v) is 28.1. The Morgan fingerprint density at radius 1 is 0.956 bits per heavy atom. The summed E-state index contributed by atoms with van der Waals surface area (Å²) in [6, 6.07) is 0. The number of hydrogen-bond donors (Lipinski definition) is 0. The van der Waals surface area contributed by atoms with Crippen LogP contribution in [0.25, 0.3) is 0 Å². The lowest BCUT2D eigenvalue weighted by atomic mass is 9.57. The highest BCUT2D eigenvalue weighted by atomic mass is 16.6. The summed E-state index contributed by atoms with van der Waals surface area (Å²) in [5, 5.41) is 0. The number of ketones is 3. The Balaban J connectivity index is 1.29. The predicted octanol–water partition coefficient (Wildman–Crippen LogP) is 5.79. The average Bonchev–Trinajstić information content (AvgIpc) is 3.16. The molecule has 3 saturated heterocycles. The van der Waals surface area contributed by atoms with Crippen LogP contribution in [0.2, 0.25) is 0 Å². The lowest BCUT2D eigenvalue weighted by Crippen LogP contribution is -2.67. The van der Waals surface area contributed by atoms with Gasteiger partial charge in [0.05, 0.1) is 47.5 Å². The fraction of sp³-hybridized carbons (Fsp3) is 0.737. The minimum absolute atomic E-state index is 0.00723. The van der Waals surface area contributed by atoms with Crippen molar-refractivity contribution in [1.29, 1.82) is 0 Å². The Morgan fingerprint density at radius 3 is 2.31 bits per heavy atom. The highest BCUT2D eigenvalue weighted by Gasteiger charge is 3.01. The summed E-state index contributed by atoms with van der Waals surface area (Å²) in [5.41, 5.74) is 1.12. The van der Waals surface area contributed by atoms with Crippen LogP contribution in [0.5, 0.6) is 0 Å². The van der Waals surface area contributed by atoms with Gasteiger partial charge in [0.2, 0.25) is 0 Å². The van der Waals surface area contributed by atoms with Crippen molar-refractivity contribution >= 4 is 23.6 Å². The van der Waals surface area contributed by atoms with Crippen LogP contribution in [0.15, 0.2) is 34.9 Å². The molecule has 0 N–H and O–H groups in total. The first kappa shape index (κ1) is 31.4. The molecule has 0 bridgehead atoms. The molecule has 0 aromatic heterocycles. The SMILES string of the molecule is CC(C)=CCCC1(C)CC2C(=O)C3C(=O)C4C5CC(=O)C6C(C=C(C)C=O)OC(C(C)C)C67C5C47OC3C(CC=C(C)C)C2O1. The number of carbonyl (C=O) groups excluding carboxylic acids is 4. The third-order valence-electron chi connectivity index (χ3n) is 12.8. The Morgan fingerprint density at radius 2 is 1.67 bits per heavy atom. The predicted molar refractivity (Wildman–Crippen MR) is 168 cm³/mol. The van der Waals surface area contributed by atoms with Crippen molar-refractivity contribution in [2.75, 3.05) is 0 Å². The minimum atomic E-state index is -0.818. The first-order valence-electron chi connectivity index (χ1n) is 17.2. The van der Waals surface area contributed by atoms with Crippen molar-refractivity contribution in [3.8, 4) is 0 Å². The summed E-state index contributed by atoms with van der Waals surface area (Å²) in [7, 11) is 0. The second-order valence-corrected chi connectivity index (χ2v) is 16.5. The molecule has 0 aromatic rings. The number of carbonyl (C=O) groups is 4. The second-order valence-electron chi connectivity index (χ2n) is 16.5. The van der Waals surface area contributed by atoms with Gasteiger partial charge in [-0.15, -0.1) is 0 Å². The van der Waals surface area contributed by atoms with E-state index in [4.69, 9.17) is 14.2 Å². The summed E-state index contributed by atoms with van der Waals surface area (Å²) < 4.78 is 21.0. The second kappa shape index (κ2) is 10.4. The number of aldehydes is 1. The van der Waals surface area contributed by atoms with Gasteiger partial charge in [0.15, 0.2) is 11.6 Å². The molecule has 4 saturated carbocycles. The number of fused-ring (bicyclic) bond motifs is 3. The highest BCUT2D eigenvalue weighted by molar-refractivity contribution is 6.09. The molecule has 244 valence electrons. The van der Waals surface area contributed by atoms with Crippen LogP contribution in [0.1, 0.15) is 87.5 Å². The first-order valence-corrected chi connectivity index (χ1v) is 17.2. The van der Waals surface area contributed by atoms with E-state index in [2.05, 4.69) is 60.6 Å². The summed E-state index contributed by atoms with van der Waals surface area (Å²) in [6.45, 7) is 16.4. The van der Waals surface area contributed by atoms with Crippen molar-refractivity contribution in [2.24, 2.45) is 52.8 Å². The van der Waals surface area contributed by atoms with Crippen molar-refractivity contribution in [2.45, 2.75) is 123 Å². The van der Waals surface area contributed by atoms with Crippen LogP contribution in [0.4, 0.5) is 0 Å². The smallest absolute Gasteiger partial charge is 0.152 e. The van der Waals surface area contributed by atoms with E-state index < -0.39 is 46.6 Å². The summed E-state index contributed by atoms with van der Waals surface area (Å²) in [4.78, 5) is 54.8. The average molecular weight is 619 g/mol. The van der Waals surface area contributed by atoms with Gasteiger partial charge in [-0.2, -0.15) is 0 Å². The van der Waals surface area contributed by atoms with Crippen LogP contribution < -0.4 is 0 Å². The van der Waals surface area contributed by atoms with Gasteiger partial charge in [-0.1, -0.05) is 37.1 Å². The summed E-state index contributed by atoms with van der Waals surface area (Å²) in [5.74, 6) is -2.12. The molecule has 14 atom stereocenters. The van der Waals surface area contributed by atoms with E-state index in [1.807, 2.05) is 0 Å². The van der Waals surface area contributed by atoms with Crippen LogP contribution in [0.3, 0.4) is 0 Å². The molecule has 3 heterocycles. The van der Waals surface area contributed by atoms with E-state index >= 15 is 0 Å². The molecule has 2 spiro atoms. The van der Waals surface area contributed by atoms with Gasteiger partial charge in [0.25, 0.3) is 0 Å². The van der Waals surface area contributed by atoms with Crippen molar-refractivity contribution in [3.05, 3.63) is 34.9 Å². The third-order valence-corrected chi connectivity index (χ3v) is 12.8. The Kier molecular flexibility index (Phi) is 7.25. The molecule has 4 aliphatic carbocycles. The molecular weight excluding hydrogens is 568 g/mol. The standard InChI is InChI=1S/C38H50O7/c1-18(2)10-9-13-36(8)16-24-30(41)27-31(42)28-23-15-25(40)29-26(14-21(7)17-39)43-35(20(5)6)37(29)34(23)38(28,37)45-33(27)22(32(24)44-36)12-11-19(3)4/h10-11,14,17,20,22-24,26-29,32-35H,9,12-13,15-16H2,1-8H3. The Bertz CT molecular complexity index is 1430. The maximum Gasteiger partial charge on any atom is 0.152 e. The fourth-order valence-electron chi connectivity index (χ4n) is 11.4. The molecular formula is C38H50O7. The molecule has 14 unspecified atom stereocenters. The van der Waals surface area contributed by atoms with Crippen molar-refractivity contribution < 1.29 is 33.4 Å². The summed E-state index contributed by atoms with van der Waals surface area (Å²) >= 11 is 0. The molecule has 0 amide bonds. The van der Waals surface area contributed by atoms with Gasteiger partial charge >= 0.3 is 0 Å². The minimum Gasteiger partial charge on any atom is -0.371 e. The molecule has 3 aliphatic heterocycles. The van der Waals surface area contributed by atoms with Gasteiger partial charge in [-0.25, -0.2) is 0 Å². The van der Waals surface area contributed by atoms with E-state index in [9.17, 15) is 19.2 Å². The Labute approximate surface area is 267 Å². The normalized spacial score (nSPS) is 48.9. The zero-order chi connectivity index (χ0) is 32.4. The molecule has 0 radical (unpaired) electrons. The fourth-order valence-corrected chi connectivity index (χ4v) is 11.4. The van der Waals surface area contributed by atoms with Gasteiger partial charge in [-0.3, -0.25) is 19.2 Å². The van der Waals surface area contributed by atoms with E-state index in [0.717, 1.165) is 19.1 Å². The van der Waals surface area contributed by atoms with Crippen LogP contribution >= 0.6 is 0 Å². The number of hydrogen-bond acceptors (Lipinski definition) is 7. The quantitative estimate of drug-likeness (QED) is 0.147. The van der Waals surface area contributed by atoms with Crippen LogP contribution in [-0.4, -0.2) is 59.3 Å². The number of allylic oxidation sites excluding steroid dienone is 5. The lowest BCUT2D eigenvalue weighted by molar-refractivity contribution is -0.230. The molecule has 7 rings (SSSR count). The van der Waals surface area contributed by atoms with Crippen LogP contribution in [-0.2, 0) is 33.4 Å². The number of Topliss-reactive ketones (excluding diaryl/α,β-unsaturated/α-hetero) is 3. The zero-order valence-electron chi connectivity index (χ0n) is 28.1. The molecule has 7 nitrogen and oxygen atoms in total. The molecule has 7 heteroatoms. The van der Waals surface area contributed by atoms with Gasteiger partial charge < -0.3 is 14.2 Å². The third kappa shape index (κ3) is 4.05. The topological polar surface area (TPSA) is 96.0 Å². The van der Waals surface area contributed by atoms with Crippen molar-refractivity contribution in [3.63, 3.8) is 0 Å². The highest BCUT2D eigenvalue weighted by Crippen LogP contribution is 2.91. The lowest BCUT2D eigenvalue weighted by Gasteiger charge is -2.55. The first-order chi connectivity index (χ1) is 21.2. The van der Waals surface area contributed by atoms with Crippen molar-refractivity contribution in [1.82, 2.24) is 0 Å². The van der Waals surface area contributed by atoms with Gasteiger partial charge in [0, 0.05) is 29.6 Å². The monoisotopic (exact) mass is 618 g/mol. The number of rotatable bonds is 8. The molecule has 7 aliphatic rings. The Hall–Kier alpha value is -2.22. The summed E-state index contributed by atoms with van der Waals surface area (Å²) in [6.07, 6.45) is 8.62. The molecule has 45 heavy (non-hydrogen) atoms. The maximum absolute atomic E-state index is 14.8. The van der Waals surface area contributed by atoms with Gasteiger partial charge in [-0.05, 0) is 90.7 Å². The van der Waals surface area contributed by atoms with Crippen LogP contribution in [0, 0.1) is 52.8 Å². The van der Waals surface area contributed by atoms with E-state index in [-0.39, 0.29) is 59.1 Å². The maximum atomic E-state index is 14.8. The number of ether oxygens (including phenoxy) is 3. The molecule has 0 aromatic carbocycles. The largest absolute Gasteiger partial charge is 0.371 e. The van der Waals surface area contributed by atoms with E-state index in [0.29, 0.717) is 24.8 Å². The van der Waals surface area contributed by atoms with E-state index in [1.165, 1.54) is 11.1 Å². The molecule has 7 fully saturated rings.